The van der Waals surface area contributed by atoms with Gasteiger partial charge in [0.2, 0.25) is 0 Å². The van der Waals surface area contributed by atoms with Gasteiger partial charge in [0.05, 0.1) is 12.6 Å². The molecule has 0 saturated heterocycles. The van der Waals surface area contributed by atoms with Crippen LogP contribution in [0.1, 0.15) is 22.7 Å². The van der Waals surface area contributed by atoms with Crippen LogP contribution in [0.2, 0.25) is 0 Å². The van der Waals surface area contributed by atoms with E-state index in [1.807, 2.05) is 0 Å². The van der Waals surface area contributed by atoms with Gasteiger partial charge in [0.15, 0.2) is 5.96 Å². The van der Waals surface area contributed by atoms with Crippen molar-refractivity contribution in [1.29, 1.82) is 0 Å². The summed E-state index contributed by atoms with van der Waals surface area (Å²) in [5.74, 6) is 0.580. The highest BCUT2D eigenvalue weighted by atomic mass is 79.9. The summed E-state index contributed by atoms with van der Waals surface area (Å²) >= 11 is 3.67. The molecule has 3 rings (SSSR count). The normalized spacial score (nSPS) is 18.0. The van der Waals surface area contributed by atoms with E-state index in [0.717, 1.165) is 10.2 Å². The lowest BCUT2D eigenvalue weighted by molar-refractivity contribution is 0.764. The summed E-state index contributed by atoms with van der Waals surface area (Å²) in [4.78, 5) is 6.54. The molecule has 0 aromatic heterocycles. The number of benzene rings is 2. The van der Waals surface area contributed by atoms with E-state index >= 15 is 0 Å². The lowest BCUT2D eigenvalue weighted by atomic mass is 10.0. The zero-order valence-electron chi connectivity index (χ0n) is 12.2. The van der Waals surface area contributed by atoms with Crippen LogP contribution in [-0.4, -0.2) is 12.5 Å². The van der Waals surface area contributed by atoms with Crippen molar-refractivity contribution in [3.63, 3.8) is 0 Å². The van der Waals surface area contributed by atoms with Crippen LogP contribution in [0, 0.1) is 13.8 Å². The number of halogens is 1. The summed E-state index contributed by atoms with van der Waals surface area (Å²) in [7, 11) is 0. The molecule has 1 aliphatic heterocycles. The Balaban J connectivity index is 2.00. The van der Waals surface area contributed by atoms with Crippen molar-refractivity contribution in [2.75, 3.05) is 11.4 Å². The van der Waals surface area contributed by atoms with E-state index in [1.165, 1.54) is 16.7 Å². The van der Waals surface area contributed by atoms with Gasteiger partial charge in [-0.15, -0.1) is 0 Å². The Morgan fingerprint density at radius 3 is 2.43 bits per heavy atom. The van der Waals surface area contributed by atoms with Gasteiger partial charge < -0.3 is 10.6 Å². The molecule has 0 bridgehead atoms. The van der Waals surface area contributed by atoms with Crippen LogP contribution >= 0.6 is 15.9 Å². The number of aryl methyl sites for hydroxylation is 2. The first-order chi connectivity index (χ1) is 10.1. The number of guanidine groups is 1. The third-order valence-corrected chi connectivity index (χ3v) is 4.50. The summed E-state index contributed by atoms with van der Waals surface area (Å²) in [6.45, 7) is 4.85. The second-order valence-electron chi connectivity index (χ2n) is 5.45. The number of nitrogens with two attached hydrogens (primary N) is 1. The minimum absolute atomic E-state index is 0.141. The fourth-order valence-corrected chi connectivity index (χ4v) is 3.41. The van der Waals surface area contributed by atoms with Gasteiger partial charge in [0.1, 0.15) is 0 Å². The third kappa shape index (κ3) is 2.68. The molecule has 0 spiro atoms. The Morgan fingerprint density at radius 2 is 1.76 bits per heavy atom. The number of aliphatic imine (C=N–C) groups is 1. The van der Waals surface area contributed by atoms with E-state index in [1.54, 1.807) is 0 Å². The molecule has 108 valence electrons. The molecule has 0 fully saturated rings. The van der Waals surface area contributed by atoms with E-state index in [2.05, 4.69) is 82.1 Å². The number of hydrogen-bond donors (Lipinski definition) is 1. The summed E-state index contributed by atoms with van der Waals surface area (Å²) in [5, 5.41) is 0. The first-order valence-electron chi connectivity index (χ1n) is 6.98. The quantitative estimate of drug-likeness (QED) is 0.897. The maximum atomic E-state index is 6.12. The van der Waals surface area contributed by atoms with Gasteiger partial charge in [-0.25, -0.2) is 0 Å². The van der Waals surface area contributed by atoms with Crippen LogP contribution in [-0.2, 0) is 0 Å². The largest absolute Gasteiger partial charge is 0.369 e. The lowest BCUT2D eigenvalue weighted by Crippen LogP contribution is -2.36. The fourth-order valence-electron chi connectivity index (χ4n) is 2.65. The molecular formula is C17H18BrN3. The minimum Gasteiger partial charge on any atom is -0.369 e. The van der Waals surface area contributed by atoms with Gasteiger partial charge in [0.25, 0.3) is 0 Å². The van der Waals surface area contributed by atoms with Gasteiger partial charge >= 0.3 is 0 Å². The minimum atomic E-state index is 0.141. The average molecular weight is 344 g/mol. The molecule has 0 saturated carbocycles. The second kappa shape index (κ2) is 5.53. The Bertz CT molecular complexity index is 692. The highest BCUT2D eigenvalue weighted by Crippen LogP contribution is 2.35. The topological polar surface area (TPSA) is 41.6 Å². The van der Waals surface area contributed by atoms with Gasteiger partial charge in [-0.05, 0) is 43.2 Å². The monoisotopic (exact) mass is 343 g/mol. The van der Waals surface area contributed by atoms with Crippen molar-refractivity contribution in [2.45, 2.75) is 19.9 Å². The van der Waals surface area contributed by atoms with Crippen LogP contribution in [0.15, 0.2) is 51.9 Å². The van der Waals surface area contributed by atoms with E-state index in [9.17, 15) is 0 Å². The molecule has 2 aromatic rings. The van der Waals surface area contributed by atoms with Gasteiger partial charge in [-0.3, -0.25) is 4.99 Å². The molecular weight excluding hydrogens is 326 g/mol. The number of nitrogens with zero attached hydrogens (tertiary/aromatic N) is 2. The predicted molar refractivity (Wildman–Crippen MR) is 91.8 cm³/mol. The molecule has 1 unspecified atom stereocenters. The predicted octanol–water partition coefficient (Wildman–Crippen LogP) is 3.94. The van der Waals surface area contributed by atoms with Gasteiger partial charge in [-0.2, -0.15) is 0 Å². The molecule has 0 radical (unpaired) electrons. The Hall–Kier alpha value is -1.81. The SMILES string of the molecule is Cc1ccc(N2C(N)=NCC2c2ccc(C)cc2Br)cc1. The molecule has 1 aliphatic rings. The van der Waals surface area contributed by atoms with E-state index < -0.39 is 0 Å². The zero-order valence-corrected chi connectivity index (χ0v) is 13.8. The fraction of sp³-hybridized carbons (Fsp3) is 0.235. The van der Waals surface area contributed by atoms with Crippen molar-refractivity contribution in [1.82, 2.24) is 0 Å². The van der Waals surface area contributed by atoms with E-state index in [4.69, 9.17) is 5.73 Å². The molecule has 1 atom stereocenters. The number of hydrogen-bond acceptors (Lipinski definition) is 3. The third-order valence-electron chi connectivity index (χ3n) is 3.81. The van der Waals surface area contributed by atoms with Crippen LogP contribution in [0.5, 0.6) is 0 Å². The summed E-state index contributed by atoms with van der Waals surface area (Å²) in [6.07, 6.45) is 0. The molecule has 1 heterocycles. The van der Waals surface area contributed by atoms with Crippen molar-refractivity contribution in [3.05, 3.63) is 63.6 Å². The maximum absolute atomic E-state index is 6.12. The molecule has 2 N–H and O–H groups in total. The Labute approximate surface area is 133 Å². The van der Waals surface area contributed by atoms with Gasteiger partial charge in [-0.1, -0.05) is 45.8 Å². The maximum Gasteiger partial charge on any atom is 0.196 e. The lowest BCUT2D eigenvalue weighted by Gasteiger charge is -2.27. The molecule has 4 heteroatoms. The zero-order chi connectivity index (χ0) is 15.0. The van der Waals surface area contributed by atoms with Crippen molar-refractivity contribution in [3.8, 4) is 0 Å². The van der Waals surface area contributed by atoms with Crippen LogP contribution in [0.3, 0.4) is 0 Å². The highest BCUT2D eigenvalue weighted by Gasteiger charge is 2.30. The van der Waals surface area contributed by atoms with E-state index in [-0.39, 0.29) is 6.04 Å². The number of anilines is 1. The van der Waals surface area contributed by atoms with Crippen LogP contribution in [0.25, 0.3) is 0 Å². The molecule has 0 amide bonds. The molecule has 21 heavy (non-hydrogen) atoms. The number of rotatable bonds is 2. The first-order valence-corrected chi connectivity index (χ1v) is 7.77. The molecule has 2 aromatic carbocycles. The molecule has 3 nitrogen and oxygen atoms in total. The second-order valence-corrected chi connectivity index (χ2v) is 6.30. The van der Waals surface area contributed by atoms with E-state index in [0.29, 0.717) is 12.5 Å². The summed E-state index contributed by atoms with van der Waals surface area (Å²) in [6, 6.07) is 14.9. The summed E-state index contributed by atoms with van der Waals surface area (Å²) < 4.78 is 1.11. The van der Waals surface area contributed by atoms with Crippen LogP contribution in [0.4, 0.5) is 5.69 Å². The first kappa shape index (κ1) is 14.1. The standard InChI is InChI=1S/C17H18BrN3/c1-11-3-6-13(7-4-11)21-16(10-20-17(21)19)14-8-5-12(2)9-15(14)18/h3-9,16H,10H2,1-2H3,(H2,19,20). The van der Waals surface area contributed by atoms with Crippen molar-refractivity contribution >= 4 is 27.6 Å². The Kier molecular flexibility index (Phi) is 3.72. The Morgan fingerprint density at radius 1 is 1.10 bits per heavy atom. The van der Waals surface area contributed by atoms with Crippen molar-refractivity contribution in [2.24, 2.45) is 10.7 Å². The smallest absolute Gasteiger partial charge is 0.196 e. The van der Waals surface area contributed by atoms with Gasteiger partial charge in [0, 0.05) is 10.2 Å². The highest BCUT2D eigenvalue weighted by molar-refractivity contribution is 9.10. The molecule has 0 aliphatic carbocycles. The average Bonchev–Trinajstić information content (AvgIpc) is 2.82. The van der Waals surface area contributed by atoms with Crippen LogP contribution < -0.4 is 10.6 Å². The summed E-state index contributed by atoms with van der Waals surface area (Å²) in [5.41, 5.74) is 10.9. The van der Waals surface area contributed by atoms with Crippen molar-refractivity contribution < 1.29 is 0 Å².